The first-order chi connectivity index (χ1) is 12.6. The number of carbonyl (C=O) groups is 2. The first kappa shape index (κ1) is 17.5. The number of nitrogens with zero attached hydrogens (tertiary/aromatic N) is 2. The minimum absolute atomic E-state index is 0.167. The lowest BCUT2D eigenvalue weighted by Crippen LogP contribution is -2.31. The number of carbonyl (C=O) groups excluding carboxylic acids is 2. The minimum Gasteiger partial charge on any atom is -0.496 e. The molecule has 0 spiro atoms. The van der Waals surface area contributed by atoms with Crippen LogP contribution in [0.15, 0.2) is 48.5 Å². The smallest absolute Gasteiger partial charge is 0.359 e. The average molecular weight is 353 g/mol. The summed E-state index contributed by atoms with van der Waals surface area (Å²) >= 11 is 0. The number of esters is 1. The molecule has 7 heteroatoms. The number of benzene rings is 2. The molecule has 1 amide bonds. The Kier molecular flexibility index (Phi) is 5.17. The fraction of sp³-hybridized carbons (Fsp3) is 0.211. The number of fused-ring (bicyclic) bond motifs is 1. The van der Waals surface area contributed by atoms with Crippen molar-refractivity contribution in [2.24, 2.45) is 0 Å². The van der Waals surface area contributed by atoms with Gasteiger partial charge in [0.05, 0.1) is 12.6 Å². The zero-order valence-corrected chi connectivity index (χ0v) is 14.6. The van der Waals surface area contributed by atoms with Gasteiger partial charge in [-0.05, 0) is 12.1 Å². The van der Waals surface area contributed by atoms with Gasteiger partial charge >= 0.3 is 5.97 Å². The van der Waals surface area contributed by atoms with Gasteiger partial charge < -0.3 is 14.4 Å². The van der Waals surface area contributed by atoms with E-state index in [1.807, 2.05) is 36.4 Å². The molecular weight excluding hydrogens is 334 g/mol. The number of likely N-dealkylation sites (N-methyl/N-ethyl adjacent to an activating group) is 1. The Morgan fingerprint density at radius 1 is 1.12 bits per heavy atom. The van der Waals surface area contributed by atoms with Crippen LogP contribution in [0.1, 0.15) is 16.1 Å². The van der Waals surface area contributed by atoms with Crippen molar-refractivity contribution in [3.63, 3.8) is 0 Å². The molecule has 1 N–H and O–H groups in total. The summed E-state index contributed by atoms with van der Waals surface area (Å²) in [4.78, 5) is 26.0. The monoisotopic (exact) mass is 353 g/mol. The van der Waals surface area contributed by atoms with Gasteiger partial charge in [0.1, 0.15) is 5.75 Å². The van der Waals surface area contributed by atoms with Gasteiger partial charge in [-0.25, -0.2) is 4.79 Å². The second-order valence-electron chi connectivity index (χ2n) is 5.76. The molecule has 0 saturated carbocycles. The Labute approximate surface area is 150 Å². The number of ether oxygens (including phenoxy) is 2. The third kappa shape index (κ3) is 3.66. The van der Waals surface area contributed by atoms with Crippen LogP contribution in [0.2, 0.25) is 0 Å². The molecule has 0 fully saturated rings. The third-order valence-corrected chi connectivity index (χ3v) is 4.02. The molecule has 0 bridgehead atoms. The minimum atomic E-state index is -0.638. The van der Waals surface area contributed by atoms with Crippen LogP contribution in [0.3, 0.4) is 0 Å². The van der Waals surface area contributed by atoms with Crippen LogP contribution < -0.4 is 4.74 Å². The van der Waals surface area contributed by atoms with Crippen molar-refractivity contribution in [3.8, 4) is 5.75 Å². The Morgan fingerprint density at radius 3 is 2.65 bits per heavy atom. The zero-order chi connectivity index (χ0) is 18.5. The number of aromatic amines is 1. The number of amides is 1. The van der Waals surface area contributed by atoms with Crippen molar-refractivity contribution in [1.82, 2.24) is 15.1 Å². The predicted molar refractivity (Wildman–Crippen MR) is 95.8 cm³/mol. The van der Waals surface area contributed by atoms with Gasteiger partial charge in [0, 0.05) is 24.5 Å². The quantitative estimate of drug-likeness (QED) is 0.688. The number of methoxy groups -OCH3 is 1. The highest BCUT2D eigenvalue weighted by Crippen LogP contribution is 2.19. The number of rotatable bonds is 6. The van der Waals surface area contributed by atoms with Crippen molar-refractivity contribution in [2.45, 2.75) is 6.54 Å². The van der Waals surface area contributed by atoms with Crippen LogP contribution in [0, 0.1) is 0 Å². The normalized spacial score (nSPS) is 10.5. The van der Waals surface area contributed by atoms with Gasteiger partial charge in [0.25, 0.3) is 5.91 Å². The van der Waals surface area contributed by atoms with Crippen LogP contribution in [0.25, 0.3) is 10.9 Å². The summed E-state index contributed by atoms with van der Waals surface area (Å²) < 4.78 is 10.4. The van der Waals surface area contributed by atoms with Crippen LogP contribution in [0.4, 0.5) is 0 Å². The van der Waals surface area contributed by atoms with E-state index in [0.717, 1.165) is 11.1 Å². The number of aromatic nitrogens is 2. The summed E-state index contributed by atoms with van der Waals surface area (Å²) in [7, 11) is 3.23. The van der Waals surface area contributed by atoms with Gasteiger partial charge in [-0.1, -0.05) is 36.4 Å². The Hall–Kier alpha value is -3.35. The number of para-hydroxylation sites is 2. The molecule has 0 aliphatic rings. The average Bonchev–Trinajstić information content (AvgIpc) is 3.10. The van der Waals surface area contributed by atoms with Gasteiger partial charge in [-0.15, -0.1) is 0 Å². The predicted octanol–water partition coefficient (Wildman–Crippen LogP) is 2.39. The Morgan fingerprint density at radius 2 is 1.85 bits per heavy atom. The molecule has 0 aliphatic heterocycles. The lowest BCUT2D eigenvalue weighted by Gasteiger charge is -2.18. The highest BCUT2D eigenvalue weighted by atomic mass is 16.5. The fourth-order valence-electron chi connectivity index (χ4n) is 2.60. The summed E-state index contributed by atoms with van der Waals surface area (Å²) in [6.07, 6.45) is 0. The van der Waals surface area contributed by atoms with Crippen LogP contribution >= 0.6 is 0 Å². The lowest BCUT2D eigenvalue weighted by atomic mass is 10.2. The van der Waals surface area contributed by atoms with Crippen molar-refractivity contribution < 1.29 is 19.1 Å². The maximum absolute atomic E-state index is 12.3. The standard InChI is InChI=1S/C19H19N3O4/c1-22(11-13-7-3-6-10-16(13)25-2)17(23)12-26-19(24)18-14-8-4-5-9-15(14)20-21-18/h3-10H,11-12H2,1-2H3,(H,20,21). The van der Waals surface area contributed by atoms with Gasteiger partial charge in [0.15, 0.2) is 12.3 Å². The van der Waals surface area contributed by atoms with Crippen LogP contribution in [-0.2, 0) is 16.1 Å². The van der Waals surface area contributed by atoms with Crippen LogP contribution in [-0.4, -0.2) is 47.7 Å². The lowest BCUT2D eigenvalue weighted by molar-refractivity contribution is -0.133. The van der Waals surface area contributed by atoms with Crippen molar-refractivity contribution in [3.05, 3.63) is 59.8 Å². The van der Waals surface area contributed by atoms with Gasteiger partial charge in [-0.3, -0.25) is 9.89 Å². The van der Waals surface area contributed by atoms with E-state index < -0.39 is 5.97 Å². The zero-order valence-electron chi connectivity index (χ0n) is 14.6. The second kappa shape index (κ2) is 7.69. The van der Waals surface area contributed by atoms with E-state index in [2.05, 4.69) is 10.2 Å². The topological polar surface area (TPSA) is 84.5 Å². The molecule has 0 aliphatic carbocycles. The van der Waals surface area contributed by atoms with Crippen molar-refractivity contribution in [1.29, 1.82) is 0 Å². The van der Waals surface area contributed by atoms with Crippen molar-refractivity contribution in [2.75, 3.05) is 20.8 Å². The van der Waals surface area contributed by atoms with E-state index in [0.29, 0.717) is 17.7 Å². The third-order valence-electron chi connectivity index (χ3n) is 4.02. The van der Waals surface area contributed by atoms with Crippen molar-refractivity contribution >= 4 is 22.8 Å². The first-order valence-electron chi connectivity index (χ1n) is 8.06. The van der Waals surface area contributed by atoms with E-state index in [4.69, 9.17) is 9.47 Å². The molecule has 3 aromatic rings. The fourth-order valence-corrected chi connectivity index (χ4v) is 2.60. The molecule has 134 valence electrons. The molecule has 1 aromatic heterocycles. The highest BCUT2D eigenvalue weighted by molar-refractivity contribution is 6.02. The summed E-state index contributed by atoms with van der Waals surface area (Å²) in [5, 5.41) is 7.39. The number of hydrogen-bond acceptors (Lipinski definition) is 5. The number of nitrogens with one attached hydrogen (secondary N) is 1. The molecule has 7 nitrogen and oxygen atoms in total. The molecule has 0 atom stereocenters. The van der Waals surface area contributed by atoms with E-state index in [9.17, 15) is 9.59 Å². The maximum Gasteiger partial charge on any atom is 0.359 e. The Bertz CT molecular complexity index is 935. The summed E-state index contributed by atoms with van der Waals surface area (Å²) in [6.45, 7) is -0.00258. The summed E-state index contributed by atoms with van der Waals surface area (Å²) in [5.41, 5.74) is 1.77. The highest BCUT2D eigenvalue weighted by Gasteiger charge is 2.18. The molecular formula is C19H19N3O4. The molecule has 2 aromatic carbocycles. The first-order valence-corrected chi connectivity index (χ1v) is 8.06. The summed E-state index contributed by atoms with van der Waals surface area (Å²) in [5.74, 6) is -0.252. The van der Waals surface area contributed by atoms with Crippen LogP contribution in [0.5, 0.6) is 5.75 Å². The molecule has 3 rings (SSSR count). The van der Waals surface area contributed by atoms with Gasteiger partial charge in [-0.2, -0.15) is 5.10 Å². The number of hydrogen-bond donors (Lipinski definition) is 1. The Balaban J connectivity index is 1.60. The molecule has 0 saturated heterocycles. The second-order valence-corrected chi connectivity index (χ2v) is 5.76. The molecule has 0 radical (unpaired) electrons. The SMILES string of the molecule is COc1ccccc1CN(C)C(=O)COC(=O)c1n[nH]c2ccccc12. The van der Waals surface area contributed by atoms with E-state index in [1.54, 1.807) is 26.3 Å². The molecule has 0 unspecified atom stereocenters. The maximum atomic E-state index is 12.3. The molecule has 1 heterocycles. The van der Waals surface area contributed by atoms with E-state index in [-0.39, 0.29) is 18.2 Å². The van der Waals surface area contributed by atoms with E-state index in [1.165, 1.54) is 4.90 Å². The largest absolute Gasteiger partial charge is 0.496 e. The van der Waals surface area contributed by atoms with E-state index >= 15 is 0 Å². The summed E-state index contributed by atoms with van der Waals surface area (Å²) in [6, 6.07) is 14.7. The molecule has 26 heavy (non-hydrogen) atoms. The van der Waals surface area contributed by atoms with Gasteiger partial charge in [0.2, 0.25) is 0 Å². The number of H-pyrrole nitrogens is 1.